The van der Waals surface area contributed by atoms with E-state index >= 15 is 0 Å². The molecule has 0 atom stereocenters. The number of hydrogen-bond acceptors (Lipinski definition) is 3. The molecule has 0 radical (unpaired) electrons. The summed E-state index contributed by atoms with van der Waals surface area (Å²) >= 11 is 5.55. The maximum absolute atomic E-state index is 12.9. The Bertz CT molecular complexity index is 652. The molecule has 0 saturated heterocycles. The zero-order valence-corrected chi connectivity index (χ0v) is 10.8. The average Bonchev–Trinajstić information content (AvgIpc) is 2.76. The molecule has 0 aliphatic heterocycles. The predicted octanol–water partition coefficient (Wildman–Crippen LogP) is 3.91. The third kappa shape index (κ3) is 2.93. The second-order valence-electron chi connectivity index (χ2n) is 3.96. The summed E-state index contributed by atoms with van der Waals surface area (Å²) in [5.41, 5.74) is -1.06. The molecule has 106 valence electrons. The minimum absolute atomic E-state index is 0.0630. The zero-order chi connectivity index (χ0) is 14.9. The van der Waals surface area contributed by atoms with Gasteiger partial charge in [0, 0.05) is 5.02 Å². The van der Waals surface area contributed by atoms with Gasteiger partial charge in [-0.2, -0.15) is 13.2 Å². The fraction of sp³-hybridized carbons (Fsp3) is 0.167. The quantitative estimate of drug-likeness (QED) is 0.915. The maximum atomic E-state index is 12.9. The van der Waals surface area contributed by atoms with Gasteiger partial charge in [-0.3, -0.25) is 4.79 Å². The molecule has 0 unspecified atom stereocenters. The van der Waals surface area contributed by atoms with Crippen LogP contribution in [0.15, 0.2) is 29.0 Å². The highest BCUT2D eigenvalue weighted by molar-refractivity contribution is 6.30. The van der Waals surface area contributed by atoms with Gasteiger partial charge in [-0.25, -0.2) is 0 Å². The lowest BCUT2D eigenvalue weighted by atomic mass is 10.1. The number of carbonyl (C=O) groups excluding carboxylic acids is 1. The summed E-state index contributed by atoms with van der Waals surface area (Å²) in [6, 6.07) is 3.09. The van der Waals surface area contributed by atoms with Crippen molar-refractivity contribution in [3.8, 4) is 0 Å². The molecular weight excluding hydrogens is 297 g/mol. The van der Waals surface area contributed by atoms with E-state index in [9.17, 15) is 18.0 Å². The van der Waals surface area contributed by atoms with Crippen molar-refractivity contribution >= 4 is 23.2 Å². The molecule has 2 rings (SSSR count). The normalized spacial score (nSPS) is 11.4. The van der Waals surface area contributed by atoms with Gasteiger partial charge < -0.3 is 9.84 Å². The van der Waals surface area contributed by atoms with Crippen molar-refractivity contribution in [2.45, 2.75) is 13.1 Å². The molecule has 0 aliphatic rings. The van der Waals surface area contributed by atoms with Crippen molar-refractivity contribution in [3.63, 3.8) is 0 Å². The smallest absolute Gasteiger partial charge is 0.364 e. The Morgan fingerprint density at radius 3 is 2.65 bits per heavy atom. The summed E-state index contributed by atoms with van der Waals surface area (Å²) < 4.78 is 43.1. The molecule has 0 fully saturated rings. The van der Waals surface area contributed by atoms with E-state index in [1.807, 2.05) is 0 Å². The largest absolute Gasteiger partial charge is 0.418 e. The summed E-state index contributed by atoms with van der Waals surface area (Å²) in [6.45, 7) is 1.50. The van der Waals surface area contributed by atoms with Crippen LogP contribution in [0, 0.1) is 6.92 Å². The molecule has 1 amide bonds. The second-order valence-corrected chi connectivity index (χ2v) is 4.39. The number of hydrogen-bond donors (Lipinski definition) is 1. The van der Waals surface area contributed by atoms with Gasteiger partial charge in [-0.15, -0.1) is 0 Å². The van der Waals surface area contributed by atoms with Crippen molar-refractivity contribution in [2.75, 3.05) is 5.32 Å². The maximum Gasteiger partial charge on any atom is 0.418 e. The zero-order valence-electron chi connectivity index (χ0n) is 10.1. The van der Waals surface area contributed by atoms with Crippen molar-refractivity contribution in [2.24, 2.45) is 0 Å². The van der Waals surface area contributed by atoms with E-state index in [4.69, 9.17) is 11.6 Å². The molecule has 2 aromatic rings. The van der Waals surface area contributed by atoms with Gasteiger partial charge in [0.1, 0.15) is 11.8 Å². The minimum atomic E-state index is -4.63. The van der Waals surface area contributed by atoms with Crippen LogP contribution in [0.2, 0.25) is 5.02 Å². The minimum Gasteiger partial charge on any atom is -0.364 e. The Balaban J connectivity index is 2.35. The molecular formula is C12H8ClF3N2O2. The molecule has 0 bridgehead atoms. The first-order valence-electron chi connectivity index (χ1n) is 5.38. The Labute approximate surface area is 116 Å². The molecule has 0 spiro atoms. The van der Waals surface area contributed by atoms with Crippen LogP contribution in [0.1, 0.15) is 21.6 Å². The van der Waals surface area contributed by atoms with Gasteiger partial charge in [-0.05, 0) is 25.1 Å². The first kappa shape index (κ1) is 14.4. The van der Waals surface area contributed by atoms with E-state index in [1.165, 1.54) is 13.0 Å². The van der Waals surface area contributed by atoms with Gasteiger partial charge in [0.15, 0.2) is 0 Å². The van der Waals surface area contributed by atoms with Crippen LogP contribution in [0.4, 0.5) is 18.9 Å². The summed E-state index contributed by atoms with van der Waals surface area (Å²) in [5, 5.41) is 5.58. The number of aromatic nitrogens is 1. The van der Waals surface area contributed by atoms with Gasteiger partial charge in [0.25, 0.3) is 5.91 Å². The molecule has 0 saturated carbocycles. The van der Waals surface area contributed by atoms with Crippen LogP contribution in [0.3, 0.4) is 0 Å². The van der Waals surface area contributed by atoms with Crippen LogP contribution >= 0.6 is 11.6 Å². The molecule has 1 N–H and O–H groups in total. The number of alkyl halides is 3. The van der Waals surface area contributed by atoms with Crippen molar-refractivity contribution < 1.29 is 22.5 Å². The number of benzene rings is 1. The highest BCUT2D eigenvalue weighted by Gasteiger charge is 2.34. The van der Waals surface area contributed by atoms with Crippen LogP contribution < -0.4 is 5.32 Å². The van der Waals surface area contributed by atoms with Crippen LogP contribution in [0.25, 0.3) is 0 Å². The van der Waals surface area contributed by atoms with Crippen molar-refractivity contribution in [1.29, 1.82) is 0 Å². The van der Waals surface area contributed by atoms with E-state index in [2.05, 4.69) is 15.0 Å². The highest BCUT2D eigenvalue weighted by atomic mass is 35.5. The molecule has 4 nitrogen and oxygen atoms in total. The fourth-order valence-electron chi connectivity index (χ4n) is 1.56. The number of amides is 1. The van der Waals surface area contributed by atoms with Crippen LogP contribution in [0.5, 0.6) is 0 Å². The number of halogens is 4. The Kier molecular flexibility index (Phi) is 3.71. The van der Waals surface area contributed by atoms with Crippen LogP contribution in [-0.2, 0) is 6.18 Å². The summed E-state index contributed by atoms with van der Waals surface area (Å²) in [5.74, 6) is -0.739. The van der Waals surface area contributed by atoms with Gasteiger partial charge in [0.2, 0.25) is 0 Å². The van der Waals surface area contributed by atoms with E-state index in [0.29, 0.717) is 0 Å². The van der Waals surface area contributed by atoms with E-state index < -0.39 is 17.6 Å². The number of nitrogens with zero attached hydrogens (tertiary/aromatic N) is 1. The Morgan fingerprint density at radius 1 is 1.40 bits per heavy atom. The summed E-state index contributed by atoms with van der Waals surface area (Å²) in [4.78, 5) is 11.8. The SMILES string of the molecule is Cc1nocc1C(=O)Nc1ccc(Cl)cc1C(F)(F)F. The number of rotatable bonds is 2. The third-order valence-corrected chi connectivity index (χ3v) is 2.76. The first-order valence-corrected chi connectivity index (χ1v) is 5.76. The lowest BCUT2D eigenvalue weighted by Crippen LogP contribution is -2.17. The van der Waals surface area contributed by atoms with Crippen LogP contribution in [-0.4, -0.2) is 11.1 Å². The van der Waals surface area contributed by atoms with Crippen molar-refractivity contribution in [1.82, 2.24) is 5.16 Å². The molecule has 1 aromatic heterocycles. The number of nitrogens with one attached hydrogen (secondary N) is 1. The van der Waals surface area contributed by atoms with E-state index in [1.54, 1.807) is 0 Å². The number of carbonyl (C=O) groups is 1. The molecule has 1 aromatic carbocycles. The second kappa shape index (κ2) is 5.16. The molecule has 0 aliphatic carbocycles. The van der Waals surface area contributed by atoms with E-state index in [-0.39, 0.29) is 22.0 Å². The monoisotopic (exact) mass is 304 g/mol. The Morgan fingerprint density at radius 2 is 2.10 bits per heavy atom. The summed E-state index contributed by atoms with van der Waals surface area (Å²) in [6.07, 6.45) is -3.56. The molecule has 8 heteroatoms. The van der Waals surface area contributed by atoms with E-state index in [0.717, 1.165) is 18.4 Å². The topological polar surface area (TPSA) is 55.1 Å². The third-order valence-electron chi connectivity index (χ3n) is 2.53. The van der Waals surface area contributed by atoms with Gasteiger partial charge >= 0.3 is 6.18 Å². The lowest BCUT2D eigenvalue weighted by Gasteiger charge is -2.13. The Hall–Kier alpha value is -2.02. The predicted molar refractivity (Wildman–Crippen MR) is 65.6 cm³/mol. The first-order chi connectivity index (χ1) is 9.29. The molecule has 1 heterocycles. The van der Waals surface area contributed by atoms with Gasteiger partial charge in [0.05, 0.1) is 16.9 Å². The average molecular weight is 305 g/mol. The van der Waals surface area contributed by atoms with Crippen molar-refractivity contribution in [3.05, 3.63) is 46.3 Å². The standard InChI is InChI=1S/C12H8ClF3N2O2/c1-6-8(5-20-18-6)11(19)17-10-3-2-7(13)4-9(10)12(14,15)16/h2-5H,1H3,(H,17,19). The molecule has 20 heavy (non-hydrogen) atoms. The highest BCUT2D eigenvalue weighted by Crippen LogP contribution is 2.36. The fourth-order valence-corrected chi connectivity index (χ4v) is 1.73. The van der Waals surface area contributed by atoms with Gasteiger partial charge in [-0.1, -0.05) is 16.8 Å². The summed E-state index contributed by atoms with van der Waals surface area (Å²) in [7, 11) is 0. The lowest BCUT2D eigenvalue weighted by molar-refractivity contribution is -0.136. The number of anilines is 1. The number of aryl methyl sites for hydroxylation is 1.